The Morgan fingerprint density at radius 2 is 1.69 bits per heavy atom. The maximum absolute atomic E-state index is 6.31. The molecular formula is C27H30ClN3O. The summed E-state index contributed by atoms with van der Waals surface area (Å²) < 4.78 is 7.85. The zero-order chi connectivity index (χ0) is 22.7. The van der Waals surface area contributed by atoms with Crippen LogP contribution in [0, 0.1) is 0 Å². The average Bonchev–Trinajstić information content (AvgIpc) is 3.13. The van der Waals surface area contributed by atoms with Gasteiger partial charge in [0.05, 0.1) is 17.6 Å². The van der Waals surface area contributed by atoms with Crippen LogP contribution in [0.25, 0.3) is 16.7 Å². The van der Waals surface area contributed by atoms with Crippen LogP contribution >= 0.6 is 11.6 Å². The lowest BCUT2D eigenvalue weighted by atomic mass is 9.87. The van der Waals surface area contributed by atoms with Crippen molar-refractivity contribution in [2.24, 2.45) is 0 Å². The van der Waals surface area contributed by atoms with Crippen LogP contribution in [0.2, 0.25) is 5.02 Å². The molecule has 1 heterocycles. The highest BCUT2D eigenvalue weighted by atomic mass is 35.5. The van der Waals surface area contributed by atoms with Gasteiger partial charge in [0.25, 0.3) is 0 Å². The Hall–Kier alpha value is -2.98. The van der Waals surface area contributed by atoms with E-state index in [0.717, 1.165) is 34.8 Å². The van der Waals surface area contributed by atoms with Crippen LogP contribution < -0.4 is 10.1 Å². The van der Waals surface area contributed by atoms with Gasteiger partial charge < -0.3 is 10.1 Å². The molecule has 4 nitrogen and oxygen atoms in total. The lowest BCUT2D eigenvalue weighted by Crippen LogP contribution is -2.11. The van der Waals surface area contributed by atoms with E-state index >= 15 is 0 Å². The number of aromatic nitrogens is 2. The number of rotatable bonds is 7. The molecule has 0 saturated heterocycles. The monoisotopic (exact) mass is 447 g/mol. The van der Waals surface area contributed by atoms with Gasteiger partial charge in [-0.15, -0.1) is 0 Å². The summed E-state index contributed by atoms with van der Waals surface area (Å²) in [7, 11) is 0. The van der Waals surface area contributed by atoms with Crippen LogP contribution in [0.3, 0.4) is 0 Å². The van der Waals surface area contributed by atoms with Gasteiger partial charge in [-0.05, 0) is 65.4 Å². The summed E-state index contributed by atoms with van der Waals surface area (Å²) in [5.41, 5.74) is 5.54. The highest BCUT2D eigenvalue weighted by Crippen LogP contribution is 2.29. The van der Waals surface area contributed by atoms with E-state index in [4.69, 9.17) is 21.3 Å². The van der Waals surface area contributed by atoms with E-state index in [-0.39, 0.29) is 5.41 Å². The molecule has 4 rings (SSSR count). The molecule has 4 aromatic rings. The van der Waals surface area contributed by atoms with E-state index in [1.165, 1.54) is 11.1 Å². The fourth-order valence-electron chi connectivity index (χ4n) is 3.64. The molecule has 0 aliphatic heterocycles. The summed E-state index contributed by atoms with van der Waals surface area (Å²) in [5.74, 6) is 1.65. The molecule has 0 amide bonds. The molecule has 32 heavy (non-hydrogen) atoms. The predicted molar refractivity (Wildman–Crippen MR) is 134 cm³/mol. The number of nitrogens with zero attached hydrogens (tertiary/aromatic N) is 2. The van der Waals surface area contributed by atoms with E-state index in [1.807, 2.05) is 30.3 Å². The normalized spacial score (nSPS) is 11.7. The molecule has 0 radical (unpaired) electrons. The number of hydrogen-bond donors (Lipinski definition) is 1. The molecule has 1 aromatic heterocycles. The van der Waals surface area contributed by atoms with Crippen molar-refractivity contribution in [3.63, 3.8) is 0 Å². The second kappa shape index (κ2) is 9.25. The Bertz CT molecular complexity index is 1190. The van der Waals surface area contributed by atoms with Crippen LogP contribution in [-0.2, 0) is 12.0 Å². The minimum absolute atomic E-state index is 0.145. The number of benzene rings is 3. The minimum Gasteiger partial charge on any atom is -0.494 e. The number of imidazole rings is 1. The van der Waals surface area contributed by atoms with Crippen LogP contribution in [0.4, 0.5) is 5.95 Å². The second-order valence-electron chi connectivity index (χ2n) is 9.05. The summed E-state index contributed by atoms with van der Waals surface area (Å²) >= 11 is 6.31. The number of anilines is 1. The zero-order valence-corrected chi connectivity index (χ0v) is 19.9. The summed E-state index contributed by atoms with van der Waals surface area (Å²) in [6.07, 6.45) is 0.983. The summed E-state index contributed by atoms with van der Waals surface area (Å²) in [6, 6.07) is 22.6. The highest BCUT2D eigenvalue weighted by molar-refractivity contribution is 6.31. The van der Waals surface area contributed by atoms with E-state index in [2.05, 4.69) is 74.0 Å². The molecule has 0 aliphatic carbocycles. The maximum Gasteiger partial charge on any atom is 0.208 e. The van der Waals surface area contributed by atoms with Gasteiger partial charge in [0.1, 0.15) is 5.75 Å². The van der Waals surface area contributed by atoms with Crippen molar-refractivity contribution in [2.75, 3.05) is 11.9 Å². The Kier molecular flexibility index (Phi) is 6.43. The van der Waals surface area contributed by atoms with E-state index < -0.39 is 0 Å². The molecule has 0 bridgehead atoms. The van der Waals surface area contributed by atoms with Crippen LogP contribution in [-0.4, -0.2) is 16.2 Å². The van der Waals surface area contributed by atoms with Crippen molar-refractivity contribution in [1.29, 1.82) is 0 Å². The predicted octanol–water partition coefficient (Wildman–Crippen LogP) is 7.38. The first-order valence-electron chi connectivity index (χ1n) is 11.1. The first-order chi connectivity index (χ1) is 15.3. The third-order valence-corrected chi connectivity index (χ3v) is 5.69. The third-order valence-electron chi connectivity index (χ3n) is 5.45. The number of ether oxygens (including phenoxy) is 1. The molecule has 0 fully saturated rings. The van der Waals surface area contributed by atoms with Crippen molar-refractivity contribution in [2.45, 2.75) is 46.1 Å². The van der Waals surface area contributed by atoms with Crippen molar-refractivity contribution < 1.29 is 4.74 Å². The third kappa shape index (κ3) is 4.91. The SMILES string of the molecule is CCCOc1ccc(-n2c(NCc3ccc(C(C)(C)C)cc3)nc3ccc(Cl)cc32)cc1. The van der Waals surface area contributed by atoms with Gasteiger partial charge in [0.2, 0.25) is 5.95 Å². The zero-order valence-electron chi connectivity index (χ0n) is 19.2. The maximum atomic E-state index is 6.31. The van der Waals surface area contributed by atoms with Crippen molar-refractivity contribution in [3.8, 4) is 11.4 Å². The Morgan fingerprint density at radius 3 is 2.34 bits per heavy atom. The molecule has 0 atom stereocenters. The van der Waals surface area contributed by atoms with Crippen LogP contribution in [0.1, 0.15) is 45.2 Å². The molecule has 0 saturated carbocycles. The molecule has 5 heteroatoms. The fraction of sp³-hybridized carbons (Fsp3) is 0.296. The van der Waals surface area contributed by atoms with Crippen molar-refractivity contribution in [1.82, 2.24) is 9.55 Å². The first kappa shape index (κ1) is 22.2. The molecule has 0 aliphatic rings. The molecule has 3 aromatic carbocycles. The Labute approximate surface area is 195 Å². The van der Waals surface area contributed by atoms with Gasteiger partial charge in [0.15, 0.2) is 0 Å². The average molecular weight is 448 g/mol. The van der Waals surface area contributed by atoms with Crippen molar-refractivity contribution >= 4 is 28.6 Å². The van der Waals surface area contributed by atoms with Gasteiger partial charge in [-0.2, -0.15) is 0 Å². The number of halogens is 1. The molecule has 1 N–H and O–H groups in total. The fourth-order valence-corrected chi connectivity index (χ4v) is 3.81. The van der Waals surface area contributed by atoms with Gasteiger partial charge >= 0.3 is 0 Å². The van der Waals surface area contributed by atoms with Crippen molar-refractivity contribution in [3.05, 3.63) is 82.9 Å². The van der Waals surface area contributed by atoms with Gasteiger partial charge in [-0.3, -0.25) is 4.57 Å². The topological polar surface area (TPSA) is 39.1 Å². The van der Waals surface area contributed by atoms with Gasteiger partial charge in [-0.1, -0.05) is 63.6 Å². The van der Waals surface area contributed by atoms with Gasteiger partial charge in [0, 0.05) is 17.3 Å². The minimum atomic E-state index is 0.145. The molecule has 0 spiro atoms. The largest absolute Gasteiger partial charge is 0.494 e. The van der Waals surface area contributed by atoms with Crippen LogP contribution in [0.15, 0.2) is 66.7 Å². The number of nitrogens with one attached hydrogen (secondary N) is 1. The molecule has 0 unspecified atom stereocenters. The Balaban J connectivity index is 1.64. The molecular weight excluding hydrogens is 418 g/mol. The lowest BCUT2D eigenvalue weighted by molar-refractivity contribution is 0.317. The summed E-state index contributed by atoms with van der Waals surface area (Å²) in [6.45, 7) is 10.2. The summed E-state index contributed by atoms with van der Waals surface area (Å²) in [5, 5.41) is 4.21. The smallest absolute Gasteiger partial charge is 0.208 e. The molecule has 166 valence electrons. The quantitative estimate of drug-likeness (QED) is 0.321. The number of fused-ring (bicyclic) bond motifs is 1. The highest BCUT2D eigenvalue weighted by Gasteiger charge is 2.15. The van der Waals surface area contributed by atoms with E-state index in [9.17, 15) is 0 Å². The second-order valence-corrected chi connectivity index (χ2v) is 9.48. The van der Waals surface area contributed by atoms with Crippen LogP contribution in [0.5, 0.6) is 5.75 Å². The summed E-state index contributed by atoms with van der Waals surface area (Å²) in [4.78, 5) is 4.84. The van der Waals surface area contributed by atoms with E-state index in [0.29, 0.717) is 18.2 Å². The number of hydrogen-bond acceptors (Lipinski definition) is 3. The lowest BCUT2D eigenvalue weighted by Gasteiger charge is -2.19. The van der Waals surface area contributed by atoms with Gasteiger partial charge in [-0.25, -0.2) is 4.98 Å². The standard InChI is InChI=1S/C27H30ClN3O/c1-5-16-32-23-13-11-22(12-14-23)31-25-17-21(28)10-15-24(25)30-26(31)29-18-19-6-8-20(9-7-19)27(2,3)4/h6-15,17H,5,16,18H2,1-4H3,(H,29,30). The Morgan fingerprint density at radius 1 is 0.969 bits per heavy atom. The van der Waals surface area contributed by atoms with E-state index in [1.54, 1.807) is 0 Å². The first-order valence-corrected chi connectivity index (χ1v) is 11.5.